The number of nitrogens with zero attached hydrogens (tertiary/aromatic N) is 2. The SMILES string of the molecule is CN(C)C1CCCN(Cc2cccc3c2NCC3)C1. The number of nitrogens with one attached hydrogen (secondary N) is 1. The predicted octanol–water partition coefficient (Wildman–Crippen LogP) is 2.18. The number of fused-ring (bicyclic) bond motifs is 1. The summed E-state index contributed by atoms with van der Waals surface area (Å²) in [7, 11) is 4.41. The van der Waals surface area contributed by atoms with Crippen molar-refractivity contribution in [1.82, 2.24) is 9.80 Å². The Balaban J connectivity index is 1.70. The Bertz CT molecular complexity index is 442. The number of piperidine rings is 1. The lowest BCUT2D eigenvalue weighted by atomic mass is 10.0. The molecule has 0 aromatic heterocycles. The highest BCUT2D eigenvalue weighted by Gasteiger charge is 2.23. The molecule has 1 saturated heterocycles. The molecule has 1 aromatic carbocycles. The Morgan fingerprint density at radius 1 is 1.37 bits per heavy atom. The van der Waals surface area contributed by atoms with Crippen molar-refractivity contribution in [1.29, 1.82) is 0 Å². The fourth-order valence-electron chi connectivity index (χ4n) is 3.38. The van der Waals surface area contributed by atoms with Crippen molar-refractivity contribution in [2.75, 3.05) is 39.0 Å². The average molecular weight is 259 g/mol. The molecule has 1 N–H and O–H groups in total. The van der Waals surface area contributed by atoms with Crippen LogP contribution in [-0.2, 0) is 13.0 Å². The zero-order valence-electron chi connectivity index (χ0n) is 12.2. The fourth-order valence-corrected chi connectivity index (χ4v) is 3.38. The maximum Gasteiger partial charge on any atom is 0.0419 e. The van der Waals surface area contributed by atoms with Gasteiger partial charge in [-0.2, -0.15) is 0 Å². The maximum atomic E-state index is 3.56. The smallest absolute Gasteiger partial charge is 0.0419 e. The molecule has 2 aliphatic rings. The van der Waals surface area contributed by atoms with E-state index in [9.17, 15) is 0 Å². The lowest BCUT2D eigenvalue weighted by molar-refractivity contribution is 0.128. The van der Waals surface area contributed by atoms with E-state index in [1.807, 2.05) is 0 Å². The molecule has 1 unspecified atom stereocenters. The molecule has 0 amide bonds. The summed E-state index contributed by atoms with van der Waals surface area (Å²) in [6.45, 7) is 4.65. The summed E-state index contributed by atoms with van der Waals surface area (Å²) < 4.78 is 0. The summed E-state index contributed by atoms with van der Waals surface area (Å²) in [5, 5.41) is 3.56. The second kappa shape index (κ2) is 5.51. The largest absolute Gasteiger partial charge is 0.384 e. The third-order valence-corrected chi connectivity index (χ3v) is 4.54. The van der Waals surface area contributed by atoms with Gasteiger partial charge in [-0.1, -0.05) is 18.2 Å². The van der Waals surface area contributed by atoms with E-state index in [1.54, 1.807) is 0 Å². The van der Waals surface area contributed by atoms with Gasteiger partial charge in [0.15, 0.2) is 0 Å². The molecule has 2 heterocycles. The molecule has 0 radical (unpaired) electrons. The molecule has 1 fully saturated rings. The van der Waals surface area contributed by atoms with Crippen LogP contribution in [0, 0.1) is 0 Å². The molecular formula is C16H25N3. The highest BCUT2D eigenvalue weighted by Crippen LogP contribution is 2.28. The molecule has 1 aromatic rings. The molecule has 3 heteroatoms. The number of anilines is 1. The molecule has 0 aliphatic carbocycles. The maximum absolute atomic E-state index is 3.56. The van der Waals surface area contributed by atoms with Gasteiger partial charge in [0.1, 0.15) is 0 Å². The minimum absolute atomic E-state index is 0.721. The molecule has 2 aliphatic heterocycles. The fraction of sp³-hybridized carbons (Fsp3) is 0.625. The van der Waals surface area contributed by atoms with Crippen molar-refractivity contribution in [2.45, 2.75) is 31.8 Å². The first-order chi connectivity index (χ1) is 9.24. The van der Waals surface area contributed by atoms with Crippen LogP contribution in [0.2, 0.25) is 0 Å². The van der Waals surface area contributed by atoms with Crippen LogP contribution in [0.25, 0.3) is 0 Å². The van der Waals surface area contributed by atoms with Gasteiger partial charge in [0.2, 0.25) is 0 Å². The molecular weight excluding hydrogens is 234 g/mol. The highest BCUT2D eigenvalue weighted by atomic mass is 15.2. The van der Waals surface area contributed by atoms with Gasteiger partial charge in [-0.3, -0.25) is 4.90 Å². The van der Waals surface area contributed by atoms with Gasteiger partial charge in [0.25, 0.3) is 0 Å². The molecule has 0 bridgehead atoms. The lowest BCUT2D eigenvalue weighted by Gasteiger charge is -2.36. The van der Waals surface area contributed by atoms with Gasteiger partial charge in [0.05, 0.1) is 0 Å². The molecule has 19 heavy (non-hydrogen) atoms. The summed E-state index contributed by atoms with van der Waals surface area (Å²) in [6.07, 6.45) is 3.85. The van der Waals surface area contributed by atoms with E-state index in [2.05, 4.69) is 47.4 Å². The Hall–Kier alpha value is -1.06. The Morgan fingerprint density at radius 3 is 3.11 bits per heavy atom. The molecule has 104 valence electrons. The van der Waals surface area contributed by atoms with E-state index in [-0.39, 0.29) is 0 Å². The number of rotatable bonds is 3. The molecule has 3 nitrogen and oxygen atoms in total. The molecule has 1 atom stereocenters. The van der Waals surface area contributed by atoms with Crippen molar-refractivity contribution >= 4 is 5.69 Å². The second-order valence-corrected chi connectivity index (χ2v) is 6.12. The Kier molecular flexibility index (Phi) is 3.76. The van der Waals surface area contributed by atoms with Crippen molar-refractivity contribution < 1.29 is 0 Å². The molecule has 3 rings (SSSR count). The number of para-hydroxylation sites is 1. The van der Waals surface area contributed by atoms with Crippen LogP contribution >= 0.6 is 0 Å². The minimum atomic E-state index is 0.721. The Morgan fingerprint density at radius 2 is 2.26 bits per heavy atom. The van der Waals surface area contributed by atoms with Crippen molar-refractivity contribution in [2.24, 2.45) is 0 Å². The van der Waals surface area contributed by atoms with Crippen LogP contribution in [0.15, 0.2) is 18.2 Å². The van der Waals surface area contributed by atoms with Crippen LogP contribution in [0.3, 0.4) is 0 Å². The summed E-state index contributed by atoms with van der Waals surface area (Å²) in [4.78, 5) is 4.99. The topological polar surface area (TPSA) is 18.5 Å². The van der Waals surface area contributed by atoms with Crippen LogP contribution in [-0.4, -0.2) is 49.6 Å². The van der Waals surface area contributed by atoms with Crippen molar-refractivity contribution in [3.05, 3.63) is 29.3 Å². The lowest BCUT2D eigenvalue weighted by Crippen LogP contribution is -2.44. The quantitative estimate of drug-likeness (QED) is 0.897. The van der Waals surface area contributed by atoms with E-state index in [0.29, 0.717) is 0 Å². The van der Waals surface area contributed by atoms with Crippen LogP contribution in [0.5, 0.6) is 0 Å². The molecule has 0 spiro atoms. The zero-order chi connectivity index (χ0) is 13.2. The van der Waals surface area contributed by atoms with Gasteiger partial charge in [-0.15, -0.1) is 0 Å². The van der Waals surface area contributed by atoms with Crippen molar-refractivity contribution in [3.8, 4) is 0 Å². The zero-order valence-corrected chi connectivity index (χ0v) is 12.2. The monoisotopic (exact) mass is 259 g/mol. The second-order valence-electron chi connectivity index (χ2n) is 6.12. The third-order valence-electron chi connectivity index (χ3n) is 4.54. The number of benzene rings is 1. The van der Waals surface area contributed by atoms with Gasteiger partial charge < -0.3 is 10.2 Å². The normalized spacial score (nSPS) is 23.4. The number of likely N-dealkylation sites (N-methyl/N-ethyl adjacent to an activating group) is 1. The standard InChI is InChI=1S/C16H25N3/c1-18(2)15-7-4-10-19(12-15)11-14-6-3-5-13-8-9-17-16(13)14/h3,5-6,15,17H,4,7-12H2,1-2H3. The van der Waals surface area contributed by atoms with Gasteiger partial charge in [0, 0.05) is 31.4 Å². The highest BCUT2D eigenvalue weighted by molar-refractivity contribution is 5.61. The van der Waals surface area contributed by atoms with Crippen LogP contribution < -0.4 is 5.32 Å². The Labute approximate surface area is 116 Å². The number of likely N-dealkylation sites (tertiary alicyclic amines) is 1. The average Bonchev–Trinajstić information content (AvgIpc) is 2.88. The van der Waals surface area contributed by atoms with E-state index in [0.717, 1.165) is 19.1 Å². The van der Waals surface area contributed by atoms with Gasteiger partial charge >= 0.3 is 0 Å². The van der Waals surface area contributed by atoms with Crippen molar-refractivity contribution in [3.63, 3.8) is 0 Å². The number of hydrogen-bond donors (Lipinski definition) is 1. The summed E-state index contributed by atoms with van der Waals surface area (Å²) >= 11 is 0. The first-order valence-electron chi connectivity index (χ1n) is 7.47. The van der Waals surface area contributed by atoms with Gasteiger partial charge in [-0.05, 0) is 51.0 Å². The van der Waals surface area contributed by atoms with Gasteiger partial charge in [-0.25, -0.2) is 0 Å². The van der Waals surface area contributed by atoms with Crippen LogP contribution in [0.4, 0.5) is 5.69 Å². The summed E-state index contributed by atoms with van der Waals surface area (Å²) in [6, 6.07) is 7.49. The summed E-state index contributed by atoms with van der Waals surface area (Å²) in [5.41, 5.74) is 4.39. The predicted molar refractivity (Wildman–Crippen MR) is 80.6 cm³/mol. The number of hydrogen-bond acceptors (Lipinski definition) is 3. The van der Waals surface area contributed by atoms with E-state index in [1.165, 1.54) is 49.2 Å². The first-order valence-corrected chi connectivity index (χ1v) is 7.47. The van der Waals surface area contributed by atoms with E-state index < -0.39 is 0 Å². The minimum Gasteiger partial charge on any atom is -0.384 e. The van der Waals surface area contributed by atoms with E-state index >= 15 is 0 Å². The first kappa shape index (κ1) is 12.9. The van der Waals surface area contributed by atoms with E-state index in [4.69, 9.17) is 0 Å². The van der Waals surface area contributed by atoms with Crippen LogP contribution in [0.1, 0.15) is 24.0 Å². The third kappa shape index (κ3) is 2.77. The molecule has 0 saturated carbocycles. The summed E-state index contributed by atoms with van der Waals surface area (Å²) in [5.74, 6) is 0.